The minimum absolute atomic E-state index is 0.129. The molecular formula is C23H23ClF2N6O. The summed E-state index contributed by atoms with van der Waals surface area (Å²) in [7, 11) is 0. The molecule has 33 heavy (non-hydrogen) atoms. The van der Waals surface area contributed by atoms with E-state index in [1.807, 2.05) is 32.0 Å². The van der Waals surface area contributed by atoms with Gasteiger partial charge in [0.1, 0.15) is 6.54 Å². The highest BCUT2D eigenvalue weighted by Crippen LogP contribution is 2.30. The van der Waals surface area contributed by atoms with Crippen LogP contribution in [0.15, 0.2) is 30.3 Å². The summed E-state index contributed by atoms with van der Waals surface area (Å²) in [5.74, 6) is -0.352. The summed E-state index contributed by atoms with van der Waals surface area (Å²) in [6.45, 7) is 7.29. The molecule has 3 heterocycles. The number of pyridine rings is 1. The lowest BCUT2D eigenvalue weighted by atomic mass is 10.1. The molecule has 172 valence electrons. The van der Waals surface area contributed by atoms with Gasteiger partial charge in [0.15, 0.2) is 5.65 Å². The Morgan fingerprint density at radius 3 is 2.52 bits per heavy atom. The van der Waals surface area contributed by atoms with Crippen molar-refractivity contribution in [3.05, 3.63) is 69.3 Å². The number of alkyl halides is 2. The lowest BCUT2D eigenvalue weighted by Gasteiger charge is -2.09. The maximum atomic E-state index is 13.5. The Hall–Kier alpha value is -3.33. The van der Waals surface area contributed by atoms with E-state index in [1.54, 1.807) is 24.6 Å². The number of aryl methyl sites for hydroxylation is 3. The molecule has 0 unspecified atom stereocenters. The third-order valence-electron chi connectivity index (χ3n) is 5.43. The van der Waals surface area contributed by atoms with E-state index in [9.17, 15) is 13.6 Å². The predicted octanol–water partition coefficient (Wildman–Crippen LogP) is 5.14. The summed E-state index contributed by atoms with van der Waals surface area (Å²) < 4.78 is 30.2. The molecule has 0 spiro atoms. The van der Waals surface area contributed by atoms with Crippen molar-refractivity contribution in [1.29, 1.82) is 0 Å². The Labute approximate surface area is 194 Å². The molecule has 4 rings (SSSR count). The molecule has 7 nitrogen and oxygen atoms in total. The third kappa shape index (κ3) is 4.59. The van der Waals surface area contributed by atoms with E-state index in [4.69, 9.17) is 11.6 Å². The molecule has 1 N–H and O–H groups in total. The van der Waals surface area contributed by atoms with Gasteiger partial charge < -0.3 is 5.32 Å². The number of carbonyl (C=O) groups excluding carboxylic acids is 1. The zero-order chi connectivity index (χ0) is 23.9. The summed E-state index contributed by atoms with van der Waals surface area (Å²) in [5.41, 5.74) is 4.03. The summed E-state index contributed by atoms with van der Waals surface area (Å²) in [6.07, 6.45) is -2.66. The maximum absolute atomic E-state index is 13.5. The van der Waals surface area contributed by atoms with Crippen LogP contribution in [0.4, 0.5) is 14.5 Å². The number of fused-ring (bicyclic) bond motifs is 1. The normalized spacial score (nSPS) is 11.5. The Balaban J connectivity index is 1.58. The van der Waals surface area contributed by atoms with Crippen molar-refractivity contribution < 1.29 is 13.6 Å². The number of hydrogen-bond donors (Lipinski definition) is 1. The summed E-state index contributed by atoms with van der Waals surface area (Å²) in [4.78, 5) is 17.2. The van der Waals surface area contributed by atoms with Gasteiger partial charge in [-0.1, -0.05) is 23.7 Å². The van der Waals surface area contributed by atoms with Gasteiger partial charge in [-0.15, -0.1) is 0 Å². The average molecular weight is 473 g/mol. The van der Waals surface area contributed by atoms with Crippen LogP contribution in [0.25, 0.3) is 11.0 Å². The topological polar surface area (TPSA) is 77.6 Å². The molecular weight excluding hydrogens is 450 g/mol. The van der Waals surface area contributed by atoms with Crippen LogP contribution in [0, 0.1) is 27.7 Å². The molecule has 10 heteroatoms. The standard InChI is InChI=1S/C23H23ClF2N6O/c1-12-8-18(22(25)26)20-13(2)29-32(23(20)27-12)11-19(33)28-21-14(3)30-31(15(21)4)10-16-6-5-7-17(24)9-16/h5-9,22H,10-11H2,1-4H3,(H,28,33). The number of amides is 1. The van der Waals surface area contributed by atoms with Gasteiger partial charge in [-0.05, 0) is 51.5 Å². The first-order valence-corrected chi connectivity index (χ1v) is 10.7. The summed E-state index contributed by atoms with van der Waals surface area (Å²) >= 11 is 6.07. The molecule has 0 fully saturated rings. The van der Waals surface area contributed by atoms with Crippen molar-refractivity contribution in [1.82, 2.24) is 24.5 Å². The van der Waals surface area contributed by atoms with Crippen molar-refractivity contribution in [3.63, 3.8) is 0 Å². The molecule has 0 saturated heterocycles. The first kappa shape index (κ1) is 22.8. The third-order valence-corrected chi connectivity index (χ3v) is 5.67. The number of nitrogens with zero attached hydrogens (tertiary/aromatic N) is 5. The van der Waals surface area contributed by atoms with E-state index < -0.39 is 6.43 Å². The highest BCUT2D eigenvalue weighted by Gasteiger charge is 2.21. The van der Waals surface area contributed by atoms with Crippen LogP contribution in [0.1, 0.15) is 40.3 Å². The van der Waals surface area contributed by atoms with Crippen LogP contribution in [-0.4, -0.2) is 30.5 Å². The Bertz CT molecular complexity index is 1360. The summed E-state index contributed by atoms with van der Waals surface area (Å²) in [5, 5.41) is 12.6. The monoisotopic (exact) mass is 472 g/mol. The number of nitrogens with one attached hydrogen (secondary N) is 1. The molecule has 0 aliphatic carbocycles. The maximum Gasteiger partial charge on any atom is 0.264 e. The molecule has 0 radical (unpaired) electrons. The number of carbonyl (C=O) groups is 1. The molecule has 1 aromatic carbocycles. The highest BCUT2D eigenvalue weighted by molar-refractivity contribution is 6.30. The second kappa shape index (κ2) is 8.90. The lowest BCUT2D eigenvalue weighted by Crippen LogP contribution is -2.20. The fourth-order valence-corrected chi connectivity index (χ4v) is 4.17. The minimum Gasteiger partial charge on any atom is -0.321 e. The molecule has 1 amide bonds. The average Bonchev–Trinajstić information content (AvgIpc) is 3.18. The van der Waals surface area contributed by atoms with E-state index in [0.717, 1.165) is 11.3 Å². The number of anilines is 1. The van der Waals surface area contributed by atoms with Gasteiger partial charge >= 0.3 is 0 Å². The fourth-order valence-electron chi connectivity index (χ4n) is 3.95. The first-order valence-electron chi connectivity index (χ1n) is 10.3. The smallest absolute Gasteiger partial charge is 0.264 e. The van der Waals surface area contributed by atoms with Crippen LogP contribution in [0.5, 0.6) is 0 Å². The molecule has 0 aliphatic rings. The van der Waals surface area contributed by atoms with Crippen molar-refractivity contribution >= 4 is 34.2 Å². The van der Waals surface area contributed by atoms with Gasteiger partial charge in [0, 0.05) is 16.3 Å². The van der Waals surface area contributed by atoms with Gasteiger partial charge in [-0.2, -0.15) is 10.2 Å². The van der Waals surface area contributed by atoms with Crippen molar-refractivity contribution in [3.8, 4) is 0 Å². The van der Waals surface area contributed by atoms with Gasteiger partial charge in [-0.25, -0.2) is 18.4 Å². The molecule has 4 aromatic rings. The number of hydrogen-bond acceptors (Lipinski definition) is 4. The van der Waals surface area contributed by atoms with Crippen LogP contribution in [-0.2, 0) is 17.9 Å². The second-order valence-electron chi connectivity index (χ2n) is 7.98. The van der Waals surface area contributed by atoms with Crippen LogP contribution < -0.4 is 5.32 Å². The van der Waals surface area contributed by atoms with Gasteiger partial charge in [0.25, 0.3) is 6.43 Å². The SMILES string of the molecule is Cc1cc(C(F)F)c2c(C)nn(CC(=O)Nc3c(C)nn(Cc4cccc(Cl)c4)c3C)c2n1. The largest absolute Gasteiger partial charge is 0.321 e. The molecule has 3 aromatic heterocycles. The fraction of sp³-hybridized carbons (Fsp3) is 0.304. The molecule has 0 bridgehead atoms. The predicted molar refractivity (Wildman–Crippen MR) is 123 cm³/mol. The van der Waals surface area contributed by atoms with E-state index in [2.05, 4.69) is 20.5 Å². The van der Waals surface area contributed by atoms with E-state index in [0.29, 0.717) is 34.3 Å². The lowest BCUT2D eigenvalue weighted by molar-refractivity contribution is -0.116. The second-order valence-corrected chi connectivity index (χ2v) is 8.41. The quantitative estimate of drug-likeness (QED) is 0.421. The highest BCUT2D eigenvalue weighted by atomic mass is 35.5. The first-order chi connectivity index (χ1) is 15.6. The molecule has 0 atom stereocenters. The molecule has 0 aliphatic heterocycles. The van der Waals surface area contributed by atoms with Crippen LogP contribution in [0.2, 0.25) is 5.02 Å². The van der Waals surface area contributed by atoms with Crippen LogP contribution >= 0.6 is 11.6 Å². The van der Waals surface area contributed by atoms with Gasteiger partial charge in [0.2, 0.25) is 5.91 Å². The minimum atomic E-state index is -2.66. The number of benzene rings is 1. The van der Waals surface area contributed by atoms with Crippen LogP contribution in [0.3, 0.4) is 0 Å². The van der Waals surface area contributed by atoms with Gasteiger partial charge in [-0.3, -0.25) is 9.48 Å². The van der Waals surface area contributed by atoms with Crippen molar-refractivity contribution in [2.24, 2.45) is 0 Å². The van der Waals surface area contributed by atoms with Crippen molar-refractivity contribution in [2.45, 2.75) is 47.2 Å². The van der Waals surface area contributed by atoms with E-state index >= 15 is 0 Å². The molecule has 0 saturated carbocycles. The van der Waals surface area contributed by atoms with E-state index in [1.165, 1.54) is 10.7 Å². The van der Waals surface area contributed by atoms with E-state index in [-0.39, 0.29) is 29.0 Å². The Kier molecular flexibility index (Phi) is 6.16. The number of aromatic nitrogens is 5. The summed E-state index contributed by atoms with van der Waals surface area (Å²) in [6, 6.07) is 8.85. The number of rotatable bonds is 6. The zero-order valence-electron chi connectivity index (χ0n) is 18.7. The van der Waals surface area contributed by atoms with Gasteiger partial charge in [0.05, 0.1) is 34.7 Å². The van der Waals surface area contributed by atoms with Crippen molar-refractivity contribution in [2.75, 3.05) is 5.32 Å². The number of halogens is 3. The Morgan fingerprint density at radius 1 is 1.09 bits per heavy atom. The zero-order valence-corrected chi connectivity index (χ0v) is 19.4. The Morgan fingerprint density at radius 2 is 1.82 bits per heavy atom.